The summed E-state index contributed by atoms with van der Waals surface area (Å²) in [5, 5.41) is 12.8. The lowest BCUT2D eigenvalue weighted by atomic mass is 9.97. The van der Waals surface area contributed by atoms with Gasteiger partial charge in [0.25, 0.3) is 0 Å². The Labute approximate surface area is 112 Å². The van der Waals surface area contributed by atoms with Crippen LogP contribution in [0.5, 0.6) is 0 Å². The van der Waals surface area contributed by atoms with Crippen LogP contribution in [0, 0.1) is 11.3 Å². The molecule has 1 N–H and O–H groups in total. The average molecular weight is 249 g/mol. The first-order valence-corrected chi connectivity index (χ1v) is 7.60. The van der Waals surface area contributed by atoms with Gasteiger partial charge in [0, 0.05) is 12.1 Å². The summed E-state index contributed by atoms with van der Waals surface area (Å²) in [6.07, 6.45) is 8.62. The summed E-state index contributed by atoms with van der Waals surface area (Å²) in [5.41, 5.74) is -0.303. The summed E-state index contributed by atoms with van der Waals surface area (Å²) in [5.74, 6) is 0. The van der Waals surface area contributed by atoms with Gasteiger partial charge in [-0.2, -0.15) is 5.26 Å². The van der Waals surface area contributed by atoms with Crippen molar-refractivity contribution in [3.05, 3.63) is 0 Å². The highest BCUT2D eigenvalue weighted by Gasteiger charge is 2.32. The fourth-order valence-corrected chi connectivity index (χ4v) is 3.13. The number of rotatable bonds is 7. The molecule has 2 unspecified atom stereocenters. The molecule has 0 aromatic heterocycles. The third kappa shape index (κ3) is 3.70. The molecule has 18 heavy (non-hydrogen) atoms. The molecule has 2 rings (SSSR count). The number of likely N-dealkylation sites (tertiary alicyclic amines) is 1. The van der Waals surface area contributed by atoms with E-state index in [-0.39, 0.29) is 5.54 Å². The largest absolute Gasteiger partial charge is 0.300 e. The maximum absolute atomic E-state index is 9.33. The summed E-state index contributed by atoms with van der Waals surface area (Å²) in [4.78, 5) is 2.62. The van der Waals surface area contributed by atoms with Crippen LogP contribution in [0.4, 0.5) is 0 Å². The first-order valence-electron chi connectivity index (χ1n) is 7.60. The van der Waals surface area contributed by atoms with E-state index in [1.807, 2.05) is 0 Å². The van der Waals surface area contributed by atoms with E-state index in [0.717, 1.165) is 18.9 Å². The smallest absolute Gasteiger partial charge is 0.104 e. The Hall–Kier alpha value is -0.590. The molecule has 0 aromatic carbocycles. The maximum atomic E-state index is 9.33. The van der Waals surface area contributed by atoms with E-state index in [0.29, 0.717) is 6.04 Å². The van der Waals surface area contributed by atoms with Gasteiger partial charge in [-0.3, -0.25) is 5.32 Å². The van der Waals surface area contributed by atoms with Crippen LogP contribution in [0.3, 0.4) is 0 Å². The zero-order valence-electron chi connectivity index (χ0n) is 11.9. The molecular weight excluding hydrogens is 222 g/mol. The highest BCUT2D eigenvalue weighted by atomic mass is 15.2. The molecule has 0 radical (unpaired) electrons. The van der Waals surface area contributed by atoms with E-state index in [4.69, 9.17) is 0 Å². The van der Waals surface area contributed by atoms with Crippen molar-refractivity contribution in [1.82, 2.24) is 10.2 Å². The van der Waals surface area contributed by atoms with Crippen LogP contribution in [-0.2, 0) is 0 Å². The maximum Gasteiger partial charge on any atom is 0.104 e. The van der Waals surface area contributed by atoms with Crippen molar-refractivity contribution in [2.45, 2.75) is 76.4 Å². The molecule has 1 saturated carbocycles. The standard InChI is InChI=1S/C15H27N3/c1-3-14-6-4-10-18(14)11-5-9-15(2,12-16)17-13-7-8-13/h13-14,17H,3-11H2,1-2H3. The third-order valence-electron chi connectivity index (χ3n) is 4.44. The topological polar surface area (TPSA) is 39.1 Å². The molecule has 0 aromatic rings. The molecule has 1 aliphatic heterocycles. The minimum absolute atomic E-state index is 0.303. The Bertz CT molecular complexity index is 305. The van der Waals surface area contributed by atoms with Crippen molar-refractivity contribution in [1.29, 1.82) is 5.26 Å². The molecular formula is C15H27N3. The minimum atomic E-state index is -0.303. The molecule has 102 valence electrons. The molecule has 2 fully saturated rings. The summed E-state index contributed by atoms with van der Waals surface area (Å²) in [7, 11) is 0. The van der Waals surface area contributed by atoms with Crippen LogP contribution in [-0.4, -0.2) is 35.6 Å². The zero-order valence-corrected chi connectivity index (χ0v) is 11.9. The Morgan fingerprint density at radius 3 is 2.78 bits per heavy atom. The van der Waals surface area contributed by atoms with Gasteiger partial charge in [0.1, 0.15) is 5.54 Å². The van der Waals surface area contributed by atoms with Gasteiger partial charge in [0.15, 0.2) is 0 Å². The van der Waals surface area contributed by atoms with Gasteiger partial charge >= 0.3 is 0 Å². The first kappa shape index (κ1) is 13.8. The van der Waals surface area contributed by atoms with E-state index in [9.17, 15) is 5.26 Å². The molecule has 1 heterocycles. The van der Waals surface area contributed by atoms with Crippen LogP contribution in [0.25, 0.3) is 0 Å². The van der Waals surface area contributed by atoms with Crippen molar-refractivity contribution in [3.8, 4) is 6.07 Å². The highest BCUT2D eigenvalue weighted by Crippen LogP contribution is 2.25. The fraction of sp³-hybridized carbons (Fsp3) is 0.933. The number of nitrogens with zero attached hydrogens (tertiary/aromatic N) is 2. The normalized spacial score (nSPS) is 27.9. The van der Waals surface area contributed by atoms with E-state index in [1.54, 1.807) is 0 Å². The molecule has 1 saturated heterocycles. The predicted octanol–water partition coefficient (Wildman–Crippen LogP) is 2.68. The Morgan fingerprint density at radius 2 is 2.17 bits per heavy atom. The van der Waals surface area contributed by atoms with Crippen LogP contribution in [0.15, 0.2) is 0 Å². The SMILES string of the molecule is CCC1CCCN1CCCC(C)(C#N)NC1CC1. The van der Waals surface area contributed by atoms with Gasteiger partial charge < -0.3 is 4.90 Å². The van der Waals surface area contributed by atoms with E-state index in [2.05, 4.69) is 30.1 Å². The van der Waals surface area contributed by atoms with Crippen molar-refractivity contribution in [3.63, 3.8) is 0 Å². The molecule has 0 spiro atoms. The van der Waals surface area contributed by atoms with E-state index in [1.165, 1.54) is 45.2 Å². The Balaban J connectivity index is 1.71. The van der Waals surface area contributed by atoms with E-state index < -0.39 is 0 Å². The third-order valence-corrected chi connectivity index (χ3v) is 4.44. The second kappa shape index (κ2) is 6.04. The summed E-state index contributed by atoms with van der Waals surface area (Å²) in [6.45, 7) is 6.78. The lowest BCUT2D eigenvalue weighted by Crippen LogP contribution is -2.43. The summed E-state index contributed by atoms with van der Waals surface area (Å²) < 4.78 is 0. The number of nitriles is 1. The van der Waals surface area contributed by atoms with Crippen molar-refractivity contribution >= 4 is 0 Å². The average Bonchev–Trinajstić information content (AvgIpc) is 3.05. The van der Waals surface area contributed by atoms with Gasteiger partial charge in [0.2, 0.25) is 0 Å². The van der Waals surface area contributed by atoms with Gasteiger partial charge in [-0.1, -0.05) is 6.92 Å². The lowest BCUT2D eigenvalue weighted by Gasteiger charge is -2.27. The molecule has 3 heteroatoms. The monoisotopic (exact) mass is 249 g/mol. The van der Waals surface area contributed by atoms with Crippen molar-refractivity contribution < 1.29 is 0 Å². The molecule has 1 aliphatic carbocycles. The zero-order chi connectivity index (χ0) is 13.0. The second-order valence-corrected chi connectivity index (χ2v) is 6.21. The molecule has 0 amide bonds. The quantitative estimate of drug-likeness (QED) is 0.754. The van der Waals surface area contributed by atoms with Crippen LogP contribution < -0.4 is 5.32 Å². The van der Waals surface area contributed by atoms with Gasteiger partial charge in [-0.05, 0) is 65.0 Å². The first-order chi connectivity index (χ1) is 8.67. The lowest BCUT2D eigenvalue weighted by molar-refractivity contribution is 0.235. The van der Waals surface area contributed by atoms with Crippen LogP contribution in [0.2, 0.25) is 0 Å². The van der Waals surface area contributed by atoms with Crippen molar-refractivity contribution in [2.24, 2.45) is 0 Å². The van der Waals surface area contributed by atoms with Crippen LogP contribution >= 0.6 is 0 Å². The number of hydrogen-bond donors (Lipinski definition) is 1. The number of hydrogen-bond acceptors (Lipinski definition) is 3. The second-order valence-electron chi connectivity index (χ2n) is 6.21. The van der Waals surface area contributed by atoms with Gasteiger partial charge in [-0.25, -0.2) is 0 Å². The molecule has 2 aliphatic rings. The Morgan fingerprint density at radius 1 is 1.39 bits per heavy atom. The number of nitrogens with one attached hydrogen (secondary N) is 1. The fourth-order valence-electron chi connectivity index (χ4n) is 3.13. The molecule has 2 atom stereocenters. The predicted molar refractivity (Wildman–Crippen MR) is 74.3 cm³/mol. The Kier molecular flexibility index (Phi) is 4.64. The van der Waals surface area contributed by atoms with Crippen molar-refractivity contribution in [2.75, 3.05) is 13.1 Å². The molecule has 0 bridgehead atoms. The highest BCUT2D eigenvalue weighted by molar-refractivity contribution is 5.07. The van der Waals surface area contributed by atoms with Gasteiger partial charge in [-0.15, -0.1) is 0 Å². The minimum Gasteiger partial charge on any atom is -0.300 e. The van der Waals surface area contributed by atoms with Crippen LogP contribution in [0.1, 0.15) is 58.8 Å². The summed E-state index contributed by atoms with van der Waals surface area (Å²) in [6, 6.07) is 3.89. The summed E-state index contributed by atoms with van der Waals surface area (Å²) >= 11 is 0. The van der Waals surface area contributed by atoms with E-state index >= 15 is 0 Å². The molecule has 3 nitrogen and oxygen atoms in total. The van der Waals surface area contributed by atoms with Gasteiger partial charge in [0.05, 0.1) is 6.07 Å².